The van der Waals surface area contributed by atoms with E-state index >= 15 is 0 Å². The molecule has 0 amide bonds. The molecule has 1 heterocycles. The van der Waals surface area contributed by atoms with Crippen LogP contribution in [0.25, 0.3) is 0 Å². The third-order valence-electron chi connectivity index (χ3n) is 4.32. The van der Waals surface area contributed by atoms with Gasteiger partial charge in [-0.25, -0.2) is 0 Å². The van der Waals surface area contributed by atoms with Gasteiger partial charge in [-0.15, -0.1) is 0 Å². The van der Waals surface area contributed by atoms with Gasteiger partial charge < -0.3 is 0 Å². The first-order valence-electron chi connectivity index (χ1n) is 8.15. The normalized spacial score (nSPS) is 15.8. The summed E-state index contributed by atoms with van der Waals surface area (Å²) in [7, 11) is 0. The minimum atomic E-state index is 1.03. The molecule has 0 bridgehead atoms. The Bertz CT molecular complexity index is 351. The first-order chi connectivity index (χ1) is 9.21. The second-order valence-electron chi connectivity index (χ2n) is 5.72. The van der Waals surface area contributed by atoms with Crippen molar-refractivity contribution in [3.8, 4) is 0 Å². The molecule has 1 nitrogen and oxygen atoms in total. The summed E-state index contributed by atoms with van der Waals surface area (Å²) in [5.41, 5.74) is 3.93. The number of aromatic nitrogens is 1. The Morgan fingerprint density at radius 1 is 1.05 bits per heavy atom. The fourth-order valence-corrected chi connectivity index (χ4v) is 2.80. The third-order valence-corrected chi connectivity index (χ3v) is 4.32. The van der Waals surface area contributed by atoms with Gasteiger partial charge in [-0.3, -0.25) is 4.98 Å². The number of hydrogen-bond acceptors (Lipinski definition) is 1. The van der Waals surface area contributed by atoms with Crippen LogP contribution >= 0.6 is 0 Å². The van der Waals surface area contributed by atoms with Crippen molar-refractivity contribution >= 4 is 0 Å². The molecule has 108 valence electrons. The minimum Gasteiger partial charge on any atom is -0.261 e. The standard InChI is InChI=1S/C10H15N.C8H16/c1-4-9-7-11-10(5-2)6-8(9)3;1-2-8-6-4-3-5-7-8/h6-7H,4-5H2,1-3H3;8H,2-7H2,1H3. The molecule has 0 aromatic carbocycles. The molecule has 1 aromatic rings. The van der Waals surface area contributed by atoms with Gasteiger partial charge in [-0.05, 0) is 42.9 Å². The van der Waals surface area contributed by atoms with Crippen molar-refractivity contribution in [1.29, 1.82) is 0 Å². The molecule has 0 spiro atoms. The number of pyridine rings is 1. The zero-order valence-electron chi connectivity index (χ0n) is 13.3. The van der Waals surface area contributed by atoms with Crippen LogP contribution < -0.4 is 0 Å². The molecular formula is C18H31N. The number of aryl methyl sites for hydroxylation is 3. The zero-order chi connectivity index (χ0) is 14.1. The quantitative estimate of drug-likeness (QED) is 0.701. The Balaban J connectivity index is 0.000000200. The molecular weight excluding hydrogens is 230 g/mol. The first kappa shape index (κ1) is 16.2. The molecule has 1 heteroatoms. The summed E-state index contributed by atoms with van der Waals surface area (Å²) in [6.07, 6.45) is 13.0. The van der Waals surface area contributed by atoms with E-state index in [-0.39, 0.29) is 0 Å². The topological polar surface area (TPSA) is 12.9 Å². The lowest BCUT2D eigenvalue weighted by Gasteiger charge is -2.18. The van der Waals surface area contributed by atoms with E-state index in [9.17, 15) is 0 Å². The molecule has 0 saturated heterocycles. The average Bonchev–Trinajstić information content (AvgIpc) is 2.48. The predicted octanol–water partition coefficient (Wildman–Crippen LogP) is 5.49. The molecule has 1 aromatic heterocycles. The van der Waals surface area contributed by atoms with Crippen LogP contribution in [0.5, 0.6) is 0 Å². The summed E-state index contributed by atoms with van der Waals surface area (Å²) in [4.78, 5) is 4.33. The maximum Gasteiger partial charge on any atom is 0.0403 e. The Kier molecular flexibility index (Phi) is 7.78. The van der Waals surface area contributed by atoms with Crippen molar-refractivity contribution in [1.82, 2.24) is 4.98 Å². The monoisotopic (exact) mass is 261 g/mol. The van der Waals surface area contributed by atoms with Crippen LogP contribution in [0.15, 0.2) is 12.3 Å². The summed E-state index contributed by atoms with van der Waals surface area (Å²) in [6.45, 7) is 8.76. The molecule has 0 aliphatic heterocycles. The average molecular weight is 261 g/mol. The summed E-state index contributed by atoms with van der Waals surface area (Å²) in [5, 5.41) is 0. The molecule has 1 saturated carbocycles. The molecule has 0 unspecified atom stereocenters. The number of hydrogen-bond donors (Lipinski definition) is 0. The Morgan fingerprint density at radius 3 is 2.16 bits per heavy atom. The van der Waals surface area contributed by atoms with Gasteiger partial charge in [0, 0.05) is 11.9 Å². The van der Waals surface area contributed by atoms with E-state index in [1.165, 1.54) is 55.3 Å². The maximum atomic E-state index is 4.33. The van der Waals surface area contributed by atoms with Crippen molar-refractivity contribution < 1.29 is 0 Å². The molecule has 2 rings (SSSR count). The smallest absolute Gasteiger partial charge is 0.0403 e. The largest absolute Gasteiger partial charge is 0.261 e. The van der Waals surface area contributed by atoms with Gasteiger partial charge in [0.25, 0.3) is 0 Å². The highest BCUT2D eigenvalue weighted by Gasteiger charge is 2.09. The van der Waals surface area contributed by atoms with Gasteiger partial charge in [0.2, 0.25) is 0 Å². The van der Waals surface area contributed by atoms with Gasteiger partial charge in [-0.1, -0.05) is 59.3 Å². The maximum absolute atomic E-state index is 4.33. The molecule has 19 heavy (non-hydrogen) atoms. The Morgan fingerprint density at radius 2 is 1.74 bits per heavy atom. The highest BCUT2D eigenvalue weighted by Crippen LogP contribution is 2.25. The van der Waals surface area contributed by atoms with E-state index in [2.05, 4.69) is 38.7 Å². The van der Waals surface area contributed by atoms with Crippen LogP contribution in [0.3, 0.4) is 0 Å². The van der Waals surface area contributed by atoms with E-state index in [1.54, 1.807) is 0 Å². The van der Waals surface area contributed by atoms with Crippen LogP contribution in [0.2, 0.25) is 0 Å². The fraction of sp³-hybridized carbons (Fsp3) is 0.722. The fourth-order valence-electron chi connectivity index (χ4n) is 2.80. The third kappa shape index (κ3) is 5.76. The summed E-state index contributed by atoms with van der Waals surface area (Å²) < 4.78 is 0. The lowest BCUT2D eigenvalue weighted by Crippen LogP contribution is -2.03. The van der Waals surface area contributed by atoms with Gasteiger partial charge in [0.1, 0.15) is 0 Å². The second kappa shape index (κ2) is 9.12. The first-order valence-corrected chi connectivity index (χ1v) is 8.15. The van der Waals surface area contributed by atoms with E-state index in [0.717, 1.165) is 18.8 Å². The second-order valence-corrected chi connectivity index (χ2v) is 5.72. The molecule has 1 aliphatic rings. The molecule has 1 aliphatic carbocycles. The van der Waals surface area contributed by atoms with Crippen LogP contribution in [-0.4, -0.2) is 4.98 Å². The van der Waals surface area contributed by atoms with E-state index < -0.39 is 0 Å². The zero-order valence-corrected chi connectivity index (χ0v) is 13.3. The van der Waals surface area contributed by atoms with Crippen molar-refractivity contribution in [2.24, 2.45) is 5.92 Å². The van der Waals surface area contributed by atoms with Crippen molar-refractivity contribution in [2.45, 2.75) is 79.1 Å². The Hall–Kier alpha value is -0.850. The van der Waals surface area contributed by atoms with E-state index in [0.29, 0.717) is 0 Å². The molecule has 1 fully saturated rings. The highest BCUT2D eigenvalue weighted by atomic mass is 14.7. The van der Waals surface area contributed by atoms with Gasteiger partial charge in [-0.2, -0.15) is 0 Å². The number of rotatable bonds is 3. The van der Waals surface area contributed by atoms with E-state index in [1.807, 2.05) is 6.20 Å². The van der Waals surface area contributed by atoms with Gasteiger partial charge in [0.05, 0.1) is 0 Å². The predicted molar refractivity (Wildman–Crippen MR) is 84.6 cm³/mol. The summed E-state index contributed by atoms with van der Waals surface area (Å²) >= 11 is 0. The minimum absolute atomic E-state index is 1.03. The van der Waals surface area contributed by atoms with Crippen molar-refractivity contribution in [3.63, 3.8) is 0 Å². The number of nitrogens with zero attached hydrogens (tertiary/aromatic N) is 1. The molecule has 0 atom stereocenters. The van der Waals surface area contributed by atoms with Crippen molar-refractivity contribution in [3.05, 3.63) is 29.1 Å². The van der Waals surface area contributed by atoms with E-state index in [4.69, 9.17) is 0 Å². The summed E-state index contributed by atoms with van der Waals surface area (Å²) in [6, 6.07) is 2.18. The van der Waals surface area contributed by atoms with Gasteiger partial charge >= 0.3 is 0 Å². The van der Waals surface area contributed by atoms with Crippen LogP contribution in [-0.2, 0) is 12.8 Å². The SMILES string of the molecule is CCC1CCCCC1.CCc1cc(C)c(CC)cn1. The lowest BCUT2D eigenvalue weighted by atomic mass is 9.88. The Labute approximate surface area is 119 Å². The molecule has 0 N–H and O–H groups in total. The summed E-state index contributed by atoms with van der Waals surface area (Å²) in [5.74, 6) is 1.09. The van der Waals surface area contributed by atoms with Crippen LogP contribution in [0.4, 0.5) is 0 Å². The van der Waals surface area contributed by atoms with Crippen LogP contribution in [0, 0.1) is 12.8 Å². The van der Waals surface area contributed by atoms with Crippen molar-refractivity contribution in [2.75, 3.05) is 0 Å². The molecule has 0 radical (unpaired) electrons. The van der Waals surface area contributed by atoms with Gasteiger partial charge in [0.15, 0.2) is 0 Å². The van der Waals surface area contributed by atoms with Crippen LogP contribution in [0.1, 0.15) is 76.1 Å². The highest BCUT2D eigenvalue weighted by molar-refractivity contribution is 5.25. The lowest BCUT2D eigenvalue weighted by molar-refractivity contribution is 0.349.